The topological polar surface area (TPSA) is 88.2 Å². The van der Waals surface area contributed by atoms with Crippen molar-refractivity contribution in [3.05, 3.63) is 77.0 Å². The second-order valence-corrected chi connectivity index (χ2v) is 8.37. The zero-order valence-corrected chi connectivity index (χ0v) is 18.5. The van der Waals surface area contributed by atoms with Crippen LogP contribution in [0.15, 0.2) is 54.7 Å². The summed E-state index contributed by atoms with van der Waals surface area (Å²) < 4.78 is 44.9. The third-order valence-corrected chi connectivity index (χ3v) is 6.09. The number of nitrogens with zero attached hydrogens (tertiary/aromatic N) is 2. The number of amides is 3. The number of fused-ring (bicyclic) bond motifs is 1. The number of morpholine rings is 1. The molecular weight excluding hydrogens is 434 g/mol. The van der Waals surface area contributed by atoms with Crippen LogP contribution in [0.5, 0.6) is 5.75 Å². The van der Waals surface area contributed by atoms with Crippen molar-refractivity contribution in [2.24, 2.45) is 0 Å². The maximum Gasteiger partial charge on any atom is 0.255 e. The Morgan fingerprint density at radius 3 is 2.85 bits per heavy atom. The van der Waals surface area contributed by atoms with E-state index in [0.717, 1.165) is 0 Å². The van der Waals surface area contributed by atoms with E-state index in [4.69, 9.17) is 15.0 Å². The summed E-state index contributed by atoms with van der Waals surface area (Å²) in [5, 5.41) is 2.69. The molecule has 0 aliphatic carbocycles. The average Bonchev–Trinajstić information content (AvgIpc) is 3.20. The van der Waals surface area contributed by atoms with Gasteiger partial charge >= 0.3 is 0 Å². The molecule has 3 aliphatic rings. The smallest absolute Gasteiger partial charge is 0.255 e. The Bertz CT molecular complexity index is 1330. The number of piperidine rings is 1. The summed E-state index contributed by atoms with van der Waals surface area (Å²) in [5.74, 6) is -0.804. The van der Waals surface area contributed by atoms with Crippen molar-refractivity contribution in [3.8, 4) is 5.75 Å². The van der Waals surface area contributed by atoms with Crippen LogP contribution >= 0.6 is 0 Å². The molecule has 3 aliphatic heterocycles. The molecule has 2 fully saturated rings. The summed E-state index contributed by atoms with van der Waals surface area (Å²) in [6.45, 7) is 0.871. The molecule has 0 saturated carbocycles. The van der Waals surface area contributed by atoms with E-state index in [-0.39, 0.29) is 54.8 Å². The standard InChI is InChI=1S/C26H27N3O5/c1-17-5-10-22(25(31)27-17)29-14-21-20(26(29)32)3-2-4-23(21)34-15-19-8-6-18(7-9-19)13-28-11-12-33-16-24(28)30/h2-4,6-9,22H,1,5,10-16H2,(H,27,31)/i8D,13D,15D2. The fraction of sp³-hybridized carbons (Fsp3) is 0.346. The molecule has 8 nitrogen and oxygen atoms in total. The van der Waals surface area contributed by atoms with E-state index in [0.29, 0.717) is 41.8 Å². The van der Waals surface area contributed by atoms with Gasteiger partial charge in [-0.1, -0.05) is 36.9 Å². The summed E-state index contributed by atoms with van der Waals surface area (Å²) in [7, 11) is 0. The Morgan fingerprint density at radius 1 is 1.21 bits per heavy atom. The highest BCUT2D eigenvalue weighted by molar-refractivity contribution is 6.02. The van der Waals surface area contributed by atoms with Gasteiger partial charge in [0.05, 0.1) is 18.6 Å². The van der Waals surface area contributed by atoms with Crippen molar-refractivity contribution >= 4 is 17.7 Å². The van der Waals surface area contributed by atoms with E-state index >= 15 is 0 Å². The van der Waals surface area contributed by atoms with Crippen molar-refractivity contribution in [2.45, 2.75) is 38.5 Å². The fourth-order valence-corrected chi connectivity index (χ4v) is 4.27. The molecule has 2 atom stereocenters. The van der Waals surface area contributed by atoms with Crippen molar-refractivity contribution in [1.29, 1.82) is 0 Å². The molecule has 2 unspecified atom stereocenters. The predicted molar refractivity (Wildman–Crippen MR) is 124 cm³/mol. The summed E-state index contributed by atoms with van der Waals surface area (Å²) in [6.07, 6.45) is 1.01. The Kier molecular flexibility index (Phi) is 4.86. The Balaban J connectivity index is 1.36. The molecule has 8 heteroatoms. The molecule has 176 valence electrons. The summed E-state index contributed by atoms with van der Waals surface area (Å²) in [5.41, 5.74) is 1.73. The van der Waals surface area contributed by atoms with Crippen molar-refractivity contribution in [3.63, 3.8) is 0 Å². The van der Waals surface area contributed by atoms with Gasteiger partial charge in [-0.3, -0.25) is 14.4 Å². The summed E-state index contributed by atoms with van der Waals surface area (Å²) >= 11 is 0. The van der Waals surface area contributed by atoms with E-state index in [2.05, 4.69) is 11.9 Å². The highest BCUT2D eigenvalue weighted by Crippen LogP contribution is 2.34. The van der Waals surface area contributed by atoms with Crippen LogP contribution in [0.25, 0.3) is 0 Å². The van der Waals surface area contributed by atoms with Crippen LogP contribution in [0.2, 0.25) is 0 Å². The summed E-state index contributed by atoms with van der Waals surface area (Å²) in [6, 6.07) is 8.15. The van der Waals surface area contributed by atoms with E-state index in [1.165, 1.54) is 28.0 Å². The Hall–Kier alpha value is -3.65. The third kappa shape index (κ3) is 4.41. The number of carbonyl (C=O) groups is 3. The van der Waals surface area contributed by atoms with E-state index in [1.807, 2.05) is 0 Å². The van der Waals surface area contributed by atoms with Crippen LogP contribution in [0.4, 0.5) is 0 Å². The largest absolute Gasteiger partial charge is 0.489 e. The molecule has 0 aromatic heterocycles. The van der Waals surface area contributed by atoms with Crippen LogP contribution in [0.3, 0.4) is 0 Å². The highest BCUT2D eigenvalue weighted by atomic mass is 16.5. The summed E-state index contributed by atoms with van der Waals surface area (Å²) in [4.78, 5) is 40.5. The predicted octanol–water partition coefficient (Wildman–Crippen LogP) is 2.37. The number of hydrogen-bond acceptors (Lipinski definition) is 5. The van der Waals surface area contributed by atoms with Gasteiger partial charge < -0.3 is 24.6 Å². The van der Waals surface area contributed by atoms with Gasteiger partial charge in [-0.2, -0.15) is 0 Å². The fourth-order valence-electron chi connectivity index (χ4n) is 4.27. The molecule has 0 radical (unpaired) electrons. The van der Waals surface area contributed by atoms with E-state index in [1.54, 1.807) is 18.2 Å². The first-order valence-electron chi connectivity index (χ1n) is 13.2. The average molecular weight is 466 g/mol. The van der Waals surface area contributed by atoms with E-state index < -0.39 is 19.1 Å². The minimum atomic E-state index is -2.44. The Labute approximate surface area is 203 Å². The van der Waals surface area contributed by atoms with Gasteiger partial charge in [-0.15, -0.1) is 0 Å². The van der Waals surface area contributed by atoms with Gasteiger partial charge in [-0.25, -0.2) is 0 Å². The van der Waals surface area contributed by atoms with Crippen LogP contribution < -0.4 is 10.1 Å². The quantitative estimate of drug-likeness (QED) is 0.708. The number of allylic oxidation sites excluding steroid dienone is 1. The minimum Gasteiger partial charge on any atom is -0.489 e. The van der Waals surface area contributed by atoms with Crippen LogP contribution in [0, 0.1) is 0 Å². The van der Waals surface area contributed by atoms with Gasteiger partial charge in [0.25, 0.3) is 5.91 Å². The molecule has 0 spiro atoms. The molecule has 5 rings (SSSR count). The second kappa shape index (κ2) is 9.30. The van der Waals surface area contributed by atoms with Crippen LogP contribution in [0.1, 0.15) is 45.4 Å². The second-order valence-electron chi connectivity index (χ2n) is 8.37. The van der Waals surface area contributed by atoms with Crippen molar-refractivity contribution in [2.75, 3.05) is 19.8 Å². The number of nitrogens with one attached hydrogen (secondary N) is 1. The lowest BCUT2D eigenvalue weighted by Crippen LogP contribution is -2.49. The first-order chi connectivity index (χ1) is 18.1. The zero-order chi connectivity index (χ0) is 27.2. The molecular formula is C26H27N3O5. The molecule has 1 N–H and O–H groups in total. The number of hydrogen-bond donors (Lipinski definition) is 1. The lowest BCUT2D eigenvalue weighted by Gasteiger charge is -2.31. The maximum atomic E-state index is 13.1. The first-order valence-corrected chi connectivity index (χ1v) is 11.1. The SMILES string of the molecule is [2H]c1cc(C([2H])N2CCOCC2=O)ccc1C([2H])([2H])Oc1cccc2c1CN(C1CCC(=C)NC1=O)C2=O. The van der Waals surface area contributed by atoms with Gasteiger partial charge in [0.15, 0.2) is 0 Å². The van der Waals surface area contributed by atoms with Gasteiger partial charge in [0, 0.05) is 29.9 Å². The maximum absolute atomic E-state index is 13.1. The molecule has 3 amide bonds. The molecule has 2 aromatic carbocycles. The Morgan fingerprint density at radius 2 is 2.06 bits per heavy atom. The molecule has 0 bridgehead atoms. The lowest BCUT2D eigenvalue weighted by atomic mass is 10.0. The van der Waals surface area contributed by atoms with Gasteiger partial charge in [0.1, 0.15) is 25.0 Å². The minimum absolute atomic E-state index is 0.0642. The van der Waals surface area contributed by atoms with Gasteiger partial charge in [-0.05, 0) is 36.1 Å². The number of ether oxygens (including phenoxy) is 2. The lowest BCUT2D eigenvalue weighted by molar-refractivity contribution is -0.143. The monoisotopic (exact) mass is 465 g/mol. The molecule has 3 heterocycles. The highest BCUT2D eigenvalue weighted by Gasteiger charge is 2.39. The van der Waals surface area contributed by atoms with Crippen LogP contribution in [-0.4, -0.2) is 53.3 Å². The number of carbonyl (C=O) groups excluding carboxylic acids is 3. The third-order valence-electron chi connectivity index (χ3n) is 6.09. The van der Waals surface area contributed by atoms with E-state index in [9.17, 15) is 14.4 Å². The normalized spacial score (nSPS) is 23.5. The van der Waals surface area contributed by atoms with Crippen molar-refractivity contribution in [1.82, 2.24) is 15.1 Å². The molecule has 2 aromatic rings. The first kappa shape index (κ1) is 17.8. The van der Waals surface area contributed by atoms with Crippen LogP contribution in [-0.2, 0) is 34.0 Å². The molecule has 34 heavy (non-hydrogen) atoms. The number of rotatable bonds is 6. The van der Waals surface area contributed by atoms with Gasteiger partial charge in [0.2, 0.25) is 11.8 Å². The van der Waals surface area contributed by atoms with Crippen molar-refractivity contribution < 1.29 is 29.3 Å². The zero-order valence-electron chi connectivity index (χ0n) is 22.5. The molecule has 2 saturated heterocycles. The number of benzene rings is 2.